The summed E-state index contributed by atoms with van der Waals surface area (Å²) in [6.45, 7) is 4.30. The van der Waals surface area contributed by atoms with Crippen LogP contribution in [0.1, 0.15) is 149 Å². The SMILES string of the molecule is CC/C=C\CCCCCCCCCCCCCCCCCCC(CCC)([P+](=O)[O-])[N+](C)(C)C. The van der Waals surface area contributed by atoms with Crippen molar-refractivity contribution in [2.75, 3.05) is 21.1 Å². The van der Waals surface area contributed by atoms with E-state index in [0.717, 1.165) is 25.7 Å². The van der Waals surface area contributed by atoms with Gasteiger partial charge in [0.2, 0.25) is 0 Å². The molecule has 0 bridgehead atoms. The lowest BCUT2D eigenvalue weighted by atomic mass is 9.99. The topological polar surface area (TPSA) is 40.1 Å². The van der Waals surface area contributed by atoms with Crippen molar-refractivity contribution in [2.45, 2.75) is 154 Å². The normalized spacial score (nSPS) is 14.7. The van der Waals surface area contributed by atoms with Crippen molar-refractivity contribution in [2.24, 2.45) is 0 Å². The molecule has 0 amide bonds. The van der Waals surface area contributed by atoms with E-state index >= 15 is 0 Å². The second-order valence-electron chi connectivity index (χ2n) is 11.1. The first-order valence-corrected chi connectivity index (χ1v) is 15.6. The molecule has 0 aliphatic heterocycles. The molecular formula is C29H59NO2P+. The van der Waals surface area contributed by atoms with Crippen LogP contribution in [0.2, 0.25) is 0 Å². The fourth-order valence-corrected chi connectivity index (χ4v) is 6.29. The molecule has 3 nitrogen and oxygen atoms in total. The maximum absolute atomic E-state index is 12.1. The zero-order valence-corrected chi connectivity index (χ0v) is 24.1. The molecule has 196 valence electrons. The molecule has 33 heavy (non-hydrogen) atoms. The molecule has 0 saturated carbocycles. The third-order valence-corrected chi connectivity index (χ3v) is 9.07. The molecule has 0 aliphatic carbocycles. The Morgan fingerprint density at radius 2 is 1.03 bits per heavy atom. The molecule has 0 aromatic rings. The van der Waals surface area contributed by atoms with Gasteiger partial charge in [0.1, 0.15) is 0 Å². The highest BCUT2D eigenvalue weighted by Gasteiger charge is 2.53. The average Bonchev–Trinajstić information content (AvgIpc) is 2.76. The molecular weight excluding hydrogens is 425 g/mol. The van der Waals surface area contributed by atoms with E-state index in [1.165, 1.54) is 109 Å². The van der Waals surface area contributed by atoms with Crippen LogP contribution >= 0.6 is 8.03 Å². The van der Waals surface area contributed by atoms with Crippen molar-refractivity contribution in [3.05, 3.63) is 12.2 Å². The van der Waals surface area contributed by atoms with E-state index in [4.69, 9.17) is 0 Å². The summed E-state index contributed by atoms with van der Waals surface area (Å²) < 4.78 is 12.6. The monoisotopic (exact) mass is 484 g/mol. The Kier molecular flexibility index (Phi) is 20.9. The van der Waals surface area contributed by atoms with Crippen LogP contribution in [-0.4, -0.2) is 30.9 Å². The second kappa shape index (κ2) is 21.1. The first kappa shape index (κ1) is 32.8. The van der Waals surface area contributed by atoms with E-state index in [-0.39, 0.29) is 0 Å². The summed E-state index contributed by atoms with van der Waals surface area (Å²) in [4.78, 5) is 12.1. The first-order chi connectivity index (χ1) is 15.8. The number of allylic oxidation sites excluding steroid dienone is 2. The van der Waals surface area contributed by atoms with Crippen LogP contribution in [-0.2, 0) is 4.57 Å². The van der Waals surface area contributed by atoms with Gasteiger partial charge < -0.3 is 4.89 Å². The summed E-state index contributed by atoms with van der Waals surface area (Å²) >= 11 is 0. The summed E-state index contributed by atoms with van der Waals surface area (Å²) in [6.07, 6.45) is 31.2. The molecule has 4 heteroatoms. The van der Waals surface area contributed by atoms with Gasteiger partial charge in [0, 0.05) is 12.8 Å². The van der Waals surface area contributed by atoms with Gasteiger partial charge >= 0.3 is 8.03 Å². The number of hydrogen-bond donors (Lipinski definition) is 0. The summed E-state index contributed by atoms with van der Waals surface area (Å²) in [5.74, 6) is 0. The van der Waals surface area contributed by atoms with Gasteiger partial charge in [-0.05, 0) is 32.1 Å². The predicted molar refractivity (Wildman–Crippen MR) is 146 cm³/mol. The van der Waals surface area contributed by atoms with Crippen LogP contribution in [0.25, 0.3) is 0 Å². The zero-order chi connectivity index (χ0) is 24.8. The Balaban J connectivity index is 3.54. The summed E-state index contributed by atoms with van der Waals surface area (Å²) in [6, 6.07) is 0. The van der Waals surface area contributed by atoms with E-state index in [1.807, 2.05) is 21.1 Å². The van der Waals surface area contributed by atoms with Crippen LogP contribution in [0.4, 0.5) is 0 Å². The lowest BCUT2D eigenvalue weighted by Gasteiger charge is -2.39. The Morgan fingerprint density at radius 1 is 0.636 bits per heavy atom. The smallest absolute Gasteiger partial charge is 0.376 e. The van der Waals surface area contributed by atoms with Crippen molar-refractivity contribution >= 4 is 8.03 Å². The molecule has 0 saturated heterocycles. The summed E-state index contributed by atoms with van der Waals surface area (Å²) in [5, 5.41) is -0.587. The van der Waals surface area contributed by atoms with Gasteiger partial charge in [-0.1, -0.05) is 120 Å². The van der Waals surface area contributed by atoms with Gasteiger partial charge in [0.05, 0.1) is 21.1 Å². The molecule has 2 atom stereocenters. The summed E-state index contributed by atoms with van der Waals surface area (Å²) in [5.41, 5.74) is 0. The van der Waals surface area contributed by atoms with Crippen LogP contribution in [0.3, 0.4) is 0 Å². The van der Waals surface area contributed by atoms with Crippen LogP contribution in [0.15, 0.2) is 12.2 Å². The van der Waals surface area contributed by atoms with E-state index < -0.39 is 13.3 Å². The highest BCUT2D eigenvalue weighted by molar-refractivity contribution is 7.38. The largest absolute Gasteiger partial charge is 0.590 e. The zero-order valence-electron chi connectivity index (χ0n) is 23.2. The Bertz CT molecular complexity index is 487. The van der Waals surface area contributed by atoms with Crippen molar-refractivity contribution < 1.29 is 13.9 Å². The van der Waals surface area contributed by atoms with E-state index in [0.29, 0.717) is 4.48 Å². The number of nitrogens with zero attached hydrogens (tertiary/aromatic N) is 1. The molecule has 0 aromatic heterocycles. The van der Waals surface area contributed by atoms with E-state index in [1.54, 1.807) is 0 Å². The maximum atomic E-state index is 12.1. The molecule has 2 unspecified atom stereocenters. The Labute approximate surface area is 209 Å². The number of unbranched alkanes of at least 4 members (excludes halogenated alkanes) is 16. The van der Waals surface area contributed by atoms with Crippen molar-refractivity contribution in [3.63, 3.8) is 0 Å². The predicted octanol–water partition coefficient (Wildman–Crippen LogP) is 9.28. The molecule has 0 radical (unpaired) electrons. The highest BCUT2D eigenvalue weighted by atomic mass is 31.1. The van der Waals surface area contributed by atoms with Gasteiger partial charge in [-0.3, -0.25) is 4.48 Å². The van der Waals surface area contributed by atoms with Crippen molar-refractivity contribution in [1.82, 2.24) is 0 Å². The number of rotatable bonds is 24. The number of quaternary nitrogens is 1. The van der Waals surface area contributed by atoms with Crippen LogP contribution in [0, 0.1) is 0 Å². The minimum absolute atomic E-state index is 0.524. The summed E-state index contributed by atoms with van der Waals surface area (Å²) in [7, 11) is 3.69. The van der Waals surface area contributed by atoms with Gasteiger partial charge in [0.25, 0.3) is 5.28 Å². The van der Waals surface area contributed by atoms with E-state index in [9.17, 15) is 9.46 Å². The molecule has 0 spiro atoms. The quantitative estimate of drug-likeness (QED) is 0.0592. The Morgan fingerprint density at radius 3 is 1.36 bits per heavy atom. The lowest BCUT2D eigenvalue weighted by Crippen LogP contribution is -2.55. The molecule has 0 aromatic carbocycles. The molecule has 0 fully saturated rings. The highest BCUT2D eigenvalue weighted by Crippen LogP contribution is 2.45. The van der Waals surface area contributed by atoms with Crippen LogP contribution < -0.4 is 4.89 Å². The maximum Gasteiger partial charge on any atom is 0.376 e. The van der Waals surface area contributed by atoms with Gasteiger partial charge in [-0.2, -0.15) is 0 Å². The third-order valence-electron chi connectivity index (χ3n) is 7.34. The minimum Gasteiger partial charge on any atom is -0.590 e. The molecule has 0 rings (SSSR count). The molecule has 0 aliphatic rings. The van der Waals surface area contributed by atoms with Gasteiger partial charge in [-0.15, -0.1) is 0 Å². The molecule has 0 heterocycles. The van der Waals surface area contributed by atoms with Crippen molar-refractivity contribution in [3.8, 4) is 0 Å². The second-order valence-corrected chi connectivity index (χ2v) is 12.4. The first-order valence-electron chi connectivity index (χ1n) is 14.4. The van der Waals surface area contributed by atoms with Gasteiger partial charge in [-0.25, -0.2) is 0 Å². The lowest BCUT2D eigenvalue weighted by molar-refractivity contribution is -0.910. The van der Waals surface area contributed by atoms with Gasteiger partial charge in [0.15, 0.2) is 0 Å². The van der Waals surface area contributed by atoms with E-state index in [2.05, 4.69) is 26.0 Å². The third kappa shape index (κ3) is 16.1. The fraction of sp³-hybridized carbons (Fsp3) is 0.931. The minimum atomic E-state index is -2.42. The van der Waals surface area contributed by atoms with Crippen LogP contribution in [0.5, 0.6) is 0 Å². The fourth-order valence-electron chi connectivity index (χ4n) is 5.05. The standard InChI is InChI=1S/C29H59NO2P/c1-6-8-9-10-11-12-13-14-15-16-17-18-19-20-21-22-23-24-25-26-28-29(27-7-2,33(31)32)30(3,4)5/h8-9H,6-7,10-28H2,1-5H3/q+1/b9-8-. The molecule has 0 N–H and O–H groups in total. The Hall–Kier alpha value is -0.240. The van der Waals surface area contributed by atoms with Crippen molar-refractivity contribution in [1.29, 1.82) is 0 Å². The number of hydrogen-bond acceptors (Lipinski definition) is 2. The average molecular weight is 485 g/mol.